The Kier molecular flexibility index (Phi) is 3.61. The third-order valence-electron chi connectivity index (χ3n) is 2.44. The summed E-state index contributed by atoms with van der Waals surface area (Å²) in [7, 11) is 0. The second kappa shape index (κ2) is 4.36. The van der Waals surface area contributed by atoms with Crippen LogP contribution >= 0.6 is 0 Å². The van der Waals surface area contributed by atoms with Crippen LogP contribution in [-0.2, 0) is 4.74 Å². The Balaban J connectivity index is 2.72. The van der Waals surface area contributed by atoms with Crippen LogP contribution in [0.25, 0.3) is 0 Å². The predicted molar refractivity (Wildman–Crippen MR) is 55.6 cm³/mol. The van der Waals surface area contributed by atoms with Gasteiger partial charge < -0.3 is 15.4 Å². The molecule has 0 spiro atoms. The molecule has 0 saturated carbocycles. The van der Waals surface area contributed by atoms with Crippen LogP contribution in [0.1, 0.15) is 27.2 Å². The maximum Gasteiger partial charge on any atom is 0.412 e. The summed E-state index contributed by atoms with van der Waals surface area (Å²) in [5, 5.41) is 4.54. The van der Waals surface area contributed by atoms with E-state index in [4.69, 9.17) is 4.74 Å². The van der Waals surface area contributed by atoms with Crippen LogP contribution in [-0.4, -0.2) is 36.5 Å². The van der Waals surface area contributed by atoms with E-state index in [1.54, 1.807) is 20.8 Å². The average Bonchev–Trinajstić information content (AvgIpc) is 2.48. The lowest BCUT2D eigenvalue weighted by molar-refractivity contribution is -0.189. The first-order valence-corrected chi connectivity index (χ1v) is 5.34. The van der Waals surface area contributed by atoms with E-state index in [-0.39, 0.29) is 19.5 Å². The fourth-order valence-corrected chi connectivity index (χ4v) is 1.61. The number of hydrogen-bond acceptors (Lipinski definition) is 3. The molecule has 100 valence electrons. The number of carbonyl (C=O) groups excluding carboxylic acids is 1. The van der Waals surface area contributed by atoms with Crippen molar-refractivity contribution in [1.82, 2.24) is 10.6 Å². The summed E-state index contributed by atoms with van der Waals surface area (Å²) >= 11 is 0. The molecule has 1 amide bonds. The van der Waals surface area contributed by atoms with Gasteiger partial charge in [0.05, 0.1) is 0 Å². The quantitative estimate of drug-likeness (QED) is 0.750. The lowest BCUT2D eigenvalue weighted by Crippen LogP contribution is -2.60. The summed E-state index contributed by atoms with van der Waals surface area (Å²) in [6, 6.07) is 0. The first-order valence-electron chi connectivity index (χ1n) is 5.34. The van der Waals surface area contributed by atoms with Crippen molar-refractivity contribution in [3.63, 3.8) is 0 Å². The number of alkyl carbamates (subject to hydrolysis) is 1. The SMILES string of the molecule is CC(C)(C)OC(=O)NC1(C(F)(F)F)CCNC1. The van der Waals surface area contributed by atoms with Crippen molar-refractivity contribution in [2.75, 3.05) is 13.1 Å². The van der Waals surface area contributed by atoms with Crippen LogP contribution in [0, 0.1) is 0 Å². The number of rotatable bonds is 1. The Hall–Kier alpha value is -0.980. The van der Waals surface area contributed by atoms with Crippen LogP contribution in [0.3, 0.4) is 0 Å². The Morgan fingerprint density at radius 2 is 1.94 bits per heavy atom. The van der Waals surface area contributed by atoms with Gasteiger partial charge in [0.15, 0.2) is 5.54 Å². The monoisotopic (exact) mass is 254 g/mol. The lowest BCUT2D eigenvalue weighted by Gasteiger charge is -2.32. The van der Waals surface area contributed by atoms with Gasteiger partial charge >= 0.3 is 12.3 Å². The zero-order valence-corrected chi connectivity index (χ0v) is 10.1. The highest BCUT2D eigenvalue weighted by molar-refractivity contribution is 5.69. The summed E-state index contributed by atoms with van der Waals surface area (Å²) in [5.41, 5.74) is -3.03. The Morgan fingerprint density at radius 3 is 2.29 bits per heavy atom. The third kappa shape index (κ3) is 3.49. The van der Waals surface area contributed by atoms with E-state index >= 15 is 0 Å². The molecule has 17 heavy (non-hydrogen) atoms. The fraction of sp³-hybridized carbons (Fsp3) is 0.900. The lowest BCUT2D eigenvalue weighted by atomic mass is 9.98. The molecule has 0 bridgehead atoms. The number of nitrogens with one attached hydrogen (secondary N) is 2. The maximum absolute atomic E-state index is 12.9. The van der Waals surface area contributed by atoms with E-state index in [0.29, 0.717) is 0 Å². The number of halogens is 3. The van der Waals surface area contributed by atoms with Crippen LogP contribution in [0.5, 0.6) is 0 Å². The molecule has 4 nitrogen and oxygen atoms in total. The number of amides is 1. The van der Waals surface area contributed by atoms with Crippen LogP contribution in [0.2, 0.25) is 0 Å². The van der Waals surface area contributed by atoms with Gasteiger partial charge in [-0.1, -0.05) is 0 Å². The van der Waals surface area contributed by atoms with E-state index in [2.05, 4.69) is 5.32 Å². The number of hydrogen-bond donors (Lipinski definition) is 2. The average molecular weight is 254 g/mol. The zero-order chi connectivity index (χ0) is 13.3. The second-order valence-corrected chi connectivity index (χ2v) is 5.13. The molecule has 1 aliphatic heterocycles. The molecule has 1 rings (SSSR count). The fourth-order valence-electron chi connectivity index (χ4n) is 1.61. The topological polar surface area (TPSA) is 50.4 Å². The Labute approximate surface area is 97.9 Å². The smallest absolute Gasteiger partial charge is 0.412 e. The molecule has 1 atom stereocenters. The highest BCUT2D eigenvalue weighted by Gasteiger charge is 2.57. The van der Waals surface area contributed by atoms with Gasteiger partial charge in [0.1, 0.15) is 5.60 Å². The highest BCUT2D eigenvalue weighted by atomic mass is 19.4. The van der Waals surface area contributed by atoms with Gasteiger partial charge in [-0.3, -0.25) is 0 Å². The van der Waals surface area contributed by atoms with Gasteiger partial charge in [-0.2, -0.15) is 13.2 Å². The molecule has 0 aromatic carbocycles. The van der Waals surface area contributed by atoms with Crippen molar-refractivity contribution < 1.29 is 22.7 Å². The van der Waals surface area contributed by atoms with Gasteiger partial charge in [0, 0.05) is 6.54 Å². The summed E-state index contributed by atoms with van der Waals surface area (Å²) in [6.45, 7) is 4.68. The third-order valence-corrected chi connectivity index (χ3v) is 2.44. The van der Waals surface area contributed by atoms with E-state index in [9.17, 15) is 18.0 Å². The first-order chi connectivity index (χ1) is 7.56. The largest absolute Gasteiger partial charge is 0.444 e. The van der Waals surface area contributed by atoms with Gasteiger partial charge in [0.25, 0.3) is 0 Å². The predicted octanol–water partition coefficient (Wildman–Crippen LogP) is 1.81. The highest BCUT2D eigenvalue weighted by Crippen LogP contribution is 2.35. The molecule has 1 unspecified atom stereocenters. The summed E-state index contributed by atoms with van der Waals surface area (Å²) in [4.78, 5) is 11.4. The molecular formula is C10H17F3N2O2. The number of carbonyl (C=O) groups is 1. The number of ether oxygens (including phenoxy) is 1. The van der Waals surface area contributed by atoms with Crippen molar-refractivity contribution in [3.8, 4) is 0 Å². The molecule has 7 heteroatoms. The Bertz CT molecular complexity index is 291. The van der Waals surface area contributed by atoms with Crippen molar-refractivity contribution in [2.45, 2.75) is 44.5 Å². The molecule has 1 fully saturated rings. The van der Waals surface area contributed by atoms with Gasteiger partial charge in [-0.05, 0) is 33.7 Å². The normalized spacial score (nSPS) is 25.8. The van der Waals surface area contributed by atoms with Crippen molar-refractivity contribution in [1.29, 1.82) is 0 Å². The molecule has 0 radical (unpaired) electrons. The number of alkyl halides is 3. The van der Waals surface area contributed by atoms with Crippen LogP contribution < -0.4 is 10.6 Å². The molecule has 0 aromatic heterocycles. The van der Waals surface area contributed by atoms with Gasteiger partial charge in [-0.25, -0.2) is 4.79 Å². The first kappa shape index (κ1) is 14.1. The minimum atomic E-state index is -4.49. The Morgan fingerprint density at radius 1 is 1.35 bits per heavy atom. The molecular weight excluding hydrogens is 237 g/mol. The van der Waals surface area contributed by atoms with Crippen LogP contribution in [0.15, 0.2) is 0 Å². The van der Waals surface area contributed by atoms with E-state index in [1.807, 2.05) is 5.32 Å². The van der Waals surface area contributed by atoms with Crippen molar-refractivity contribution in [2.24, 2.45) is 0 Å². The molecule has 1 saturated heterocycles. The van der Waals surface area contributed by atoms with E-state index in [1.165, 1.54) is 0 Å². The van der Waals surface area contributed by atoms with Crippen molar-refractivity contribution in [3.05, 3.63) is 0 Å². The van der Waals surface area contributed by atoms with E-state index in [0.717, 1.165) is 0 Å². The summed E-state index contributed by atoms with van der Waals surface area (Å²) < 4.78 is 43.5. The zero-order valence-electron chi connectivity index (χ0n) is 10.1. The van der Waals surface area contributed by atoms with Crippen LogP contribution in [0.4, 0.5) is 18.0 Å². The van der Waals surface area contributed by atoms with Crippen molar-refractivity contribution >= 4 is 6.09 Å². The molecule has 1 heterocycles. The maximum atomic E-state index is 12.9. The van der Waals surface area contributed by atoms with Gasteiger partial charge in [-0.15, -0.1) is 0 Å². The minimum Gasteiger partial charge on any atom is -0.444 e. The molecule has 2 N–H and O–H groups in total. The standard InChI is InChI=1S/C10H17F3N2O2/c1-8(2,3)17-7(16)15-9(10(11,12)13)4-5-14-6-9/h14H,4-6H2,1-3H3,(H,15,16). The molecule has 0 aliphatic carbocycles. The molecule has 0 aromatic rings. The molecule has 1 aliphatic rings. The summed E-state index contributed by atoms with van der Waals surface area (Å²) in [6.07, 6.45) is -5.72. The van der Waals surface area contributed by atoms with E-state index < -0.39 is 23.4 Å². The van der Waals surface area contributed by atoms with Gasteiger partial charge in [0.2, 0.25) is 0 Å². The summed E-state index contributed by atoms with van der Waals surface area (Å²) in [5.74, 6) is 0. The minimum absolute atomic E-state index is 0.185. The second-order valence-electron chi connectivity index (χ2n) is 5.13.